The molecule has 5 nitrogen and oxygen atoms in total. The maximum Gasteiger partial charge on any atom is 0.372 e. The summed E-state index contributed by atoms with van der Waals surface area (Å²) in [5.74, 6) is 0.217. The Morgan fingerprint density at radius 3 is 2.84 bits per heavy atom. The molecule has 1 aromatic rings. The molecule has 0 unspecified atom stereocenters. The average molecular weight is 269 g/mol. The zero-order valence-corrected chi connectivity index (χ0v) is 11.9. The Balaban J connectivity index is 2.16. The zero-order valence-electron chi connectivity index (χ0n) is 11.9. The van der Waals surface area contributed by atoms with Crippen molar-refractivity contribution in [2.24, 2.45) is 5.92 Å². The van der Waals surface area contributed by atoms with Crippen LogP contribution in [0.25, 0.3) is 0 Å². The molecule has 2 N–H and O–H groups in total. The van der Waals surface area contributed by atoms with Crippen LogP contribution in [0, 0.1) is 12.8 Å². The molecule has 0 aromatic carbocycles. The fraction of sp³-hybridized carbons (Fsp3) is 0.643. The second-order valence-corrected chi connectivity index (χ2v) is 5.03. The van der Waals surface area contributed by atoms with E-state index < -0.39 is 5.97 Å². The number of carboxylic acid groups (broad SMARTS) is 1. The van der Waals surface area contributed by atoms with E-state index in [9.17, 15) is 4.79 Å². The summed E-state index contributed by atoms with van der Waals surface area (Å²) in [6.07, 6.45) is 0.929. The molecule has 0 radical (unpaired) electrons. The monoisotopic (exact) mass is 269 g/mol. The first-order valence-electron chi connectivity index (χ1n) is 6.61. The number of carboxylic acids is 1. The van der Waals surface area contributed by atoms with E-state index in [1.54, 1.807) is 13.0 Å². The van der Waals surface area contributed by atoms with Crippen LogP contribution in [-0.4, -0.2) is 30.8 Å². The van der Waals surface area contributed by atoms with Gasteiger partial charge < -0.3 is 19.6 Å². The van der Waals surface area contributed by atoms with E-state index in [0.29, 0.717) is 23.8 Å². The van der Waals surface area contributed by atoms with Gasteiger partial charge in [-0.1, -0.05) is 13.8 Å². The van der Waals surface area contributed by atoms with Gasteiger partial charge >= 0.3 is 5.97 Å². The van der Waals surface area contributed by atoms with Crippen LogP contribution in [0.5, 0.6) is 0 Å². The lowest BCUT2D eigenvalue weighted by molar-refractivity contribution is 0.0659. The van der Waals surface area contributed by atoms with Crippen molar-refractivity contribution in [2.75, 3.05) is 19.8 Å². The van der Waals surface area contributed by atoms with Gasteiger partial charge in [-0.15, -0.1) is 0 Å². The Kier molecular flexibility index (Phi) is 6.59. The number of aryl methyl sites for hydroxylation is 1. The van der Waals surface area contributed by atoms with E-state index in [1.807, 2.05) is 0 Å². The molecule has 0 saturated carbocycles. The number of ether oxygens (including phenoxy) is 1. The SMILES string of the molecule is Cc1cc(CNCCCOCC(C)C)oc1C(=O)O. The number of hydrogen-bond donors (Lipinski definition) is 2. The quantitative estimate of drug-likeness (QED) is 0.674. The summed E-state index contributed by atoms with van der Waals surface area (Å²) in [5, 5.41) is 12.1. The van der Waals surface area contributed by atoms with Crippen LogP contribution in [0.1, 0.15) is 42.1 Å². The van der Waals surface area contributed by atoms with Gasteiger partial charge in [-0.2, -0.15) is 0 Å². The van der Waals surface area contributed by atoms with Gasteiger partial charge in [0.05, 0.1) is 6.54 Å². The highest BCUT2D eigenvalue weighted by Crippen LogP contribution is 2.14. The van der Waals surface area contributed by atoms with Crippen LogP contribution >= 0.6 is 0 Å². The van der Waals surface area contributed by atoms with Gasteiger partial charge in [0.25, 0.3) is 0 Å². The predicted molar refractivity (Wildman–Crippen MR) is 72.4 cm³/mol. The fourth-order valence-corrected chi connectivity index (χ4v) is 1.68. The molecule has 0 aliphatic rings. The highest BCUT2D eigenvalue weighted by molar-refractivity contribution is 5.86. The highest BCUT2D eigenvalue weighted by Gasteiger charge is 2.13. The number of nitrogens with one attached hydrogen (secondary N) is 1. The first-order valence-corrected chi connectivity index (χ1v) is 6.61. The Morgan fingerprint density at radius 1 is 1.53 bits per heavy atom. The molecule has 1 heterocycles. The van der Waals surface area contributed by atoms with Gasteiger partial charge in [0, 0.05) is 18.8 Å². The van der Waals surface area contributed by atoms with Gasteiger partial charge in [0.2, 0.25) is 5.76 Å². The topological polar surface area (TPSA) is 71.7 Å². The summed E-state index contributed by atoms with van der Waals surface area (Å²) in [5.41, 5.74) is 0.657. The van der Waals surface area contributed by atoms with Crippen molar-refractivity contribution in [3.8, 4) is 0 Å². The molecule has 0 saturated heterocycles. The molecule has 108 valence electrons. The summed E-state index contributed by atoms with van der Waals surface area (Å²) < 4.78 is 10.7. The van der Waals surface area contributed by atoms with E-state index >= 15 is 0 Å². The number of carbonyl (C=O) groups is 1. The lowest BCUT2D eigenvalue weighted by atomic mass is 10.2. The average Bonchev–Trinajstić information content (AvgIpc) is 2.69. The third kappa shape index (κ3) is 5.89. The van der Waals surface area contributed by atoms with Crippen molar-refractivity contribution >= 4 is 5.97 Å². The third-order valence-corrected chi connectivity index (χ3v) is 2.56. The molecule has 0 fully saturated rings. The molecule has 0 aliphatic heterocycles. The van der Waals surface area contributed by atoms with Crippen molar-refractivity contribution in [2.45, 2.75) is 33.7 Å². The maximum atomic E-state index is 10.8. The van der Waals surface area contributed by atoms with Crippen LogP contribution in [0.4, 0.5) is 0 Å². The van der Waals surface area contributed by atoms with Crippen molar-refractivity contribution in [1.29, 1.82) is 0 Å². The second kappa shape index (κ2) is 7.96. The number of rotatable bonds is 9. The summed E-state index contributed by atoms with van der Waals surface area (Å²) >= 11 is 0. The summed E-state index contributed by atoms with van der Waals surface area (Å²) in [6, 6.07) is 1.76. The van der Waals surface area contributed by atoms with Crippen molar-refractivity contribution in [3.05, 3.63) is 23.2 Å². The van der Waals surface area contributed by atoms with Gasteiger partial charge in [-0.25, -0.2) is 4.79 Å². The molecule has 1 aromatic heterocycles. The number of furan rings is 1. The predicted octanol–water partition coefficient (Wildman–Crippen LogP) is 2.44. The van der Waals surface area contributed by atoms with E-state index in [2.05, 4.69) is 19.2 Å². The third-order valence-electron chi connectivity index (χ3n) is 2.56. The molecule has 5 heteroatoms. The Morgan fingerprint density at radius 2 is 2.26 bits per heavy atom. The van der Waals surface area contributed by atoms with E-state index in [0.717, 1.165) is 26.2 Å². The van der Waals surface area contributed by atoms with Crippen LogP contribution < -0.4 is 5.32 Å². The van der Waals surface area contributed by atoms with Gasteiger partial charge in [-0.3, -0.25) is 0 Å². The molecular weight excluding hydrogens is 246 g/mol. The van der Waals surface area contributed by atoms with Crippen LogP contribution in [0.3, 0.4) is 0 Å². The summed E-state index contributed by atoms with van der Waals surface area (Å²) in [6.45, 7) is 8.87. The smallest absolute Gasteiger partial charge is 0.372 e. The lowest BCUT2D eigenvalue weighted by Crippen LogP contribution is -2.16. The molecule has 0 aliphatic carbocycles. The first kappa shape index (κ1) is 15.7. The molecule has 1 rings (SSSR count). The molecule has 19 heavy (non-hydrogen) atoms. The number of aromatic carboxylic acids is 1. The minimum absolute atomic E-state index is 0.0251. The zero-order chi connectivity index (χ0) is 14.3. The standard InChI is InChI=1S/C14H23NO4/c1-10(2)9-18-6-4-5-15-8-12-7-11(3)13(19-12)14(16)17/h7,10,15H,4-6,8-9H2,1-3H3,(H,16,17). The van der Waals surface area contributed by atoms with Crippen LogP contribution in [0.15, 0.2) is 10.5 Å². The highest BCUT2D eigenvalue weighted by atomic mass is 16.5. The van der Waals surface area contributed by atoms with Crippen molar-refractivity contribution in [3.63, 3.8) is 0 Å². The van der Waals surface area contributed by atoms with Crippen LogP contribution in [-0.2, 0) is 11.3 Å². The molecule has 0 amide bonds. The van der Waals surface area contributed by atoms with Gasteiger partial charge in [0.15, 0.2) is 0 Å². The van der Waals surface area contributed by atoms with Gasteiger partial charge in [0.1, 0.15) is 5.76 Å². The summed E-state index contributed by atoms with van der Waals surface area (Å²) in [7, 11) is 0. The second-order valence-electron chi connectivity index (χ2n) is 5.03. The Bertz CT molecular complexity index is 398. The first-order chi connectivity index (χ1) is 9.00. The minimum Gasteiger partial charge on any atom is -0.475 e. The summed E-state index contributed by atoms with van der Waals surface area (Å²) in [4.78, 5) is 10.8. The Hall–Kier alpha value is -1.33. The number of hydrogen-bond acceptors (Lipinski definition) is 4. The largest absolute Gasteiger partial charge is 0.475 e. The molecule has 0 atom stereocenters. The Labute approximate surface area is 113 Å². The van der Waals surface area contributed by atoms with Crippen LogP contribution in [0.2, 0.25) is 0 Å². The van der Waals surface area contributed by atoms with Crippen molar-refractivity contribution < 1.29 is 19.1 Å². The maximum absolute atomic E-state index is 10.8. The molecule has 0 bridgehead atoms. The normalized spacial score (nSPS) is 11.2. The fourth-order valence-electron chi connectivity index (χ4n) is 1.68. The van der Waals surface area contributed by atoms with E-state index in [1.165, 1.54) is 0 Å². The minimum atomic E-state index is -1.02. The van der Waals surface area contributed by atoms with Gasteiger partial charge in [-0.05, 0) is 31.9 Å². The molecular formula is C14H23NO4. The van der Waals surface area contributed by atoms with Crippen molar-refractivity contribution in [1.82, 2.24) is 5.32 Å². The van der Waals surface area contributed by atoms with E-state index in [4.69, 9.17) is 14.3 Å². The van der Waals surface area contributed by atoms with E-state index in [-0.39, 0.29) is 5.76 Å². The molecule has 0 spiro atoms. The lowest BCUT2D eigenvalue weighted by Gasteiger charge is -2.06.